The van der Waals surface area contributed by atoms with Crippen molar-refractivity contribution in [2.45, 2.75) is 225 Å². The lowest BCUT2D eigenvalue weighted by atomic mass is 9.41. The third kappa shape index (κ3) is 10.0. The minimum Gasteiger partial charge on any atom is -0.432 e. The van der Waals surface area contributed by atoms with E-state index in [1.54, 1.807) is 0 Å². The summed E-state index contributed by atoms with van der Waals surface area (Å²) in [6.45, 7) is 4.76. The van der Waals surface area contributed by atoms with Gasteiger partial charge in [-0.3, -0.25) is 4.79 Å². The molecule has 9 rings (SSSR count). The predicted octanol–water partition coefficient (Wildman–Crippen LogP) is -6.65. The lowest BCUT2D eigenvalue weighted by Gasteiger charge is -2.64. The molecule has 9 aliphatic rings. The number of aliphatic hydroxyl groups excluding tert-OH is 16. The summed E-state index contributed by atoms with van der Waals surface area (Å²) in [5, 5.41) is 170. The first-order valence-corrected chi connectivity index (χ1v) is 26.3. The summed E-state index contributed by atoms with van der Waals surface area (Å²) in [5.41, 5.74) is -2.69. The maximum Gasteiger partial charge on any atom is 0.314 e. The van der Waals surface area contributed by atoms with Gasteiger partial charge in [-0.25, -0.2) is 0 Å². The first-order chi connectivity index (χ1) is 35.9. The van der Waals surface area contributed by atoms with Gasteiger partial charge in [0.1, 0.15) is 110 Å². The molecular weight excluding hydrogens is 1020 g/mol. The Morgan fingerprint density at radius 2 is 1.04 bits per heavy atom. The van der Waals surface area contributed by atoms with Crippen LogP contribution in [0.4, 0.5) is 0 Å². The zero-order valence-electron chi connectivity index (χ0n) is 42.3. The molecule has 4 aliphatic carbocycles. The SMILES string of the molecule is C=C1CC23CCC4[C@](C)(C(=O)O[C@@H]5OC(CO)[C@@H](O)[C@H](O)C5O[C@@H]5OC[C@@H](O)C(O)C5O)CCC[C@@]4(C)[C@@H]2CC[C@]1(O[C@@H]1OC(CO)[C@@H](O)[C@H](O[C@@H]2OC(CO)[C@@H](O)[C@H](O)C2O)C1O[C@@H]1O[C@@H](CO)[C@@H](O)C(O)C1O)C3. The van der Waals surface area contributed by atoms with Gasteiger partial charge in [0.2, 0.25) is 6.29 Å². The molecule has 12 unspecified atom stereocenters. The van der Waals surface area contributed by atoms with Crippen molar-refractivity contribution in [2.24, 2.45) is 28.1 Å². The second-order valence-corrected chi connectivity index (χ2v) is 23.2. The molecule has 5 saturated heterocycles. The van der Waals surface area contributed by atoms with Crippen molar-refractivity contribution in [2.75, 3.05) is 33.0 Å². The van der Waals surface area contributed by atoms with Gasteiger partial charge in [-0.05, 0) is 86.5 Å². The topological polar surface area (TPSA) is 433 Å². The van der Waals surface area contributed by atoms with Gasteiger partial charge < -0.3 is 129 Å². The number of carbonyl (C=O) groups excluding carboxylic acids is 1. The van der Waals surface area contributed by atoms with Crippen LogP contribution in [0.5, 0.6) is 0 Å². The Bertz CT molecular complexity index is 2020. The highest BCUT2D eigenvalue weighted by atomic mass is 16.8. The van der Waals surface area contributed by atoms with Gasteiger partial charge in [-0.2, -0.15) is 0 Å². The highest BCUT2D eigenvalue weighted by molar-refractivity contribution is 5.77. The van der Waals surface area contributed by atoms with Crippen LogP contribution >= 0.6 is 0 Å². The third-order valence-electron chi connectivity index (χ3n) is 18.8. The van der Waals surface area contributed by atoms with Gasteiger partial charge in [-0.15, -0.1) is 0 Å². The van der Waals surface area contributed by atoms with E-state index in [4.69, 9.17) is 47.4 Å². The largest absolute Gasteiger partial charge is 0.432 e. The highest BCUT2D eigenvalue weighted by Crippen LogP contribution is 2.74. The number of rotatable bonds is 14. The Balaban J connectivity index is 0.969. The van der Waals surface area contributed by atoms with Crippen LogP contribution in [0.15, 0.2) is 12.2 Å². The molecule has 2 bridgehead atoms. The number of ether oxygens (including phenoxy) is 10. The molecule has 27 heteroatoms. The van der Waals surface area contributed by atoms with E-state index >= 15 is 0 Å². The number of hydrogen-bond acceptors (Lipinski definition) is 27. The Kier molecular flexibility index (Phi) is 17.4. The lowest BCUT2D eigenvalue weighted by Crippen LogP contribution is -2.68. The zero-order valence-corrected chi connectivity index (χ0v) is 42.3. The summed E-state index contributed by atoms with van der Waals surface area (Å²) in [5.74, 6) is -1.05. The summed E-state index contributed by atoms with van der Waals surface area (Å²) in [7, 11) is 0. The van der Waals surface area contributed by atoms with Gasteiger partial charge in [-0.1, -0.05) is 19.9 Å². The van der Waals surface area contributed by atoms with Gasteiger partial charge in [0, 0.05) is 0 Å². The number of carbonyl (C=O) groups is 1. The molecule has 4 saturated carbocycles. The van der Waals surface area contributed by atoms with E-state index in [0.717, 1.165) is 6.42 Å². The van der Waals surface area contributed by atoms with Crippen molar-refractivity contribution in [3.8, 4) is 0 Å². The molecule has 0 radical (unpaired) electrons. The van der Waals surface area contributed by atoms with E-state index in [2.05, 4.69) is 13.5 Å². The Morgan fingerprint density at radius 1 is 0.539 bits per heavy atom. The van der Waals surface area contributed by atoms with Crippen LogP contribution in [0.3, 0.4) is 0 Å². The fourth-order valence-electron chi connectivity index (χ4n) is 14.7. The molecule has 5 heterocycles. The molecule has 16 N–H and O–H groups in total. The molecule has 76 heavy (non-hydrogen) atoms. The Morgan fingerprint density at radius 3 is 1.63 bits per heavy atom. The predicted molar refractivity (Wildman–Crippen MR) is 246 cm³/mol. The van der Waals surface area contributed by atoms with E-state index in [0.29, 0.717) is 56.9 Å². The summed E-state index contributed by atoms with van der Waals surface area (Å²) in [6.07, 6.45) is -37.1. The smallest absolute Gasteiger partial charge is 0.314 e. The minimum absolute atomic E-state index is 0.0469. The molecule has 30 atom stereocenters. The molecule has 0 aromatic rings. The second-order valence-electron chi connectivity index (χ2n) is 23.2. The first kappa shape index (κ1) is 58.9. The summed E-state index contributed by atoms with van der Waals surface area (Å²) in [4.78, 5) is 14.8. The van der Waals surface area contributed by atoms with E-state index in [1.165, 1.54) is 0 Å². The van der Waals surface area contributed by atoms with Crippen molar-refractivity contribution < 1.29 is 134 Å². The Labute approximate surface area is 437 Å². The number of aliphatic hydroxyl groups is 16. The van der Waals surface area contributed by atoms with Crippen LogP contribution in [0.2, 0.25) is 0 Å². The fourth-order valence-corrected chi connectivity index (χ4v) is 14.7. The summed E-state index contributed by atoms with van der Waals surface area (Å²) in [6, 6.07) is 0. The minimum atomic E-state index is -1.98. The van der Waals surface area contributed by atoms with Crippen molar-refractivity contribution >= 4 is 5.97 Å². The highest BCUT2D eigenvalue weighted by Gasteiger charge is 2.70. The quantitative estimate of drug-likeness (QED) is 0.0437. The molecule has 0 aromatic carbocycles. The maximum absolute atomic E-state index is 14.8. The van der Waals surface area contributed by atoms with Crippen molar-refractivity contribution in [1.29, 1.82) is 0 Å². The van der Waals surface area contributed by atoms with E-state index in [9.17, 15) is 86.5 Å². The van der Waals surface area contributed by atoms with E-state index in [-0.39, 0.29) is 11.8 Å². The van der Waals surface area contributed by atoms with Gasteiger partial charge in [0.25, 0.3) is 0 Å². The number of esters is 1. The molecule has 9 fully saturated rings. The van der Waals surface area contributed by atoms with Crippen molar-refractivity contribution in [3.05, 3.63) is 12.2 Å². The molecular formula is C49H78O27. The van der Waals surface area contributed by atoms with Gasteiger partial charge >= 0.3 is 5.97 Å². The van der Waals surface area contributed by atoms with Crippen LogP contribution in [-0.2, 0) is 52.2 Å². The molecule has 436 valence electrons. The maximum atomic E-state index is 14.8. The van der Waals surface area contributed by atoms with Crippen LogP contribution < -0.4 is 0 Å². The molecule has 5 aliphatic heterocycles. The Hall–Kier alpha value is -1.79. The first-order valence-electron chi connectivity index (χ1n) is 26.3. The average molecular weight is 1100 g/mol. The van der Waals surface area contributed by atoms with Crippen molar-refractivity contribution in [3.63, 3.8) is 0 Å². The molecule has 0 aromatic heterocycles. The zero-order chi connectivity index (χ0) is 55.1. The van der Waals surface area contributed by atoms with Crippen LogP contribution in [0.25, 0.3) is 0 Å². The third-order valence-corrected chi connectivity index (χ3v) is 18.8. The molecule has 27 nitrogen and oxygen atoms in total. The van der Waals surface area contributed by atoms with Crippen LogP contribution in [0.1, 0.15) is 71.6 Å². The van der Waals surface area contributed by atoms with Gasteiger partial charge in [0.15, 0.2) is 31.3 Å². The lowest BCUT2D eigenvalue weighted by molar-refractivity contribution is -0.400. The van der Waals surface area contributed by atoms with E-state index < -0.39 is 208 Å². The average Bonchev–Trinajstić information content (AvgIpc) is 3.71. The second kappa shape index (κ2) is 22.5. The number of fused-ring (bicyclic) bond motifs is 3. The standard InChI is InChI=1S/C49H78O27/c1-18-11-48-9-5-24-46(2,7-4-8-47(24,3)45(66)75-43-38(33(62)29(58)22(14-52)70-43)73-40-34(63)26(55)19(54)16-67-40)25(48)6-10-49(18,17-48)76-44-39(74-42-36(65)32(61)28(57)21(13-51)69-42)37(30(59)23(15-53)71-44)72-41-35(64)31(60)27(56)20(12-50)68-41/h19-44,50-65H,1,4-17H2,2-3H3/t19-,20?,21+,22?,23?,24?,25+,26?,27-,28-,29-,30-,31+,32?,33+,34?,35?,36?,37+,38?,39?,40+,41+,42+,43+,44+,46-,47-,48?,49+/m1/s1. The van der Waals surface area contributed by atoms with Crippen LogP contribution in [0, 0.1) is 28.1 Å². The van der Waals surface area contributed by atoms with E-state index in [1.807, 2.05) is 6.92 Å². The normalized spacial score (nSPS) is 54.6. The molecule has 1 spiro atoms. The summed E-state index contributed by atoms with van der Waals surface area (Å²) >= 11 is 0. The monoisotopic (exact) mass is 1100 g/mol. The fraction of sp³-hybridized carbons (Fsp3) is 0.939. The van der Waals surface area contributed by atoms with Crippen LogP contribution in [-0.4, -0.2) is 274 Å². The molecule has 0 amide bonds. The van der Waals surface area contributed by atoms with Gasteiger partial charge in [0.05, 0.1) is 44.1 Å². The summed E-state index contributed by atoms with van der Waals surface area (Å²) < 4.78 is 60.2. The van der Waals surface area contributed by atoms with Crippen molar-refractivity contribution in [1.82, 2.24) is 0 Å². The number of hydrogen-bond donors (Lipinski definition) is 16.